The number of para-hydroxylation sites is 1. The van der Waals surface area contributed by atoms with E-state index >= 15 is 0 Å². The largest absolute Gasteiger partial charge is 0.453 e. The number of nitrogens with two attached hydrogens (primary N) is 1. The lowest BCUT2D eigenvalue weighted by Gasteiger charge is -2.15. The van der Waals surface area contributed by atoms with Crippen LogP contribution in [0.2, 0.25) is 5.02 Å². The summed E-state index contributed by atoms with van der Waals surface area (Å²) in [5, 5.41) is 0.141. The standard InChI is InChI=1S/C15H14ClF2NO/c16-12-7-6-11(13(19)8-9-17)14(18)15(12)20-10-4-2-1-3-5-10/h1-7,13H,8-9,19H2/t13-/m1/s1. The van der Waals surface area contributed by atoms with Gasteiger partial charge in [0.25, 0.3) is 0 Å². The summed E-state index contributed by atoms with van der Waals surface area (Å²) in [6, 6.07) is 10.9. The zero-order chi connectivity index (χ0) is 14.5. The normalized spacial score (nSPS) is 12.2. The Morgan fingerprint density at radius 3 is 2.50 bits per heavy atom. The van der Waals surface area contributed by atoms with Crippen molar-refractivity contribution in [1.29, 1.82) is 0 Å². The molecule has 20 heavy (non-hydrogen) atoms. The van der Waals surface area contributed by atoms with Crippen LogP contribution in [0.5, 0.6) is 11.5 Å². The summed E-state index contributed by atoms with van der Waals surface area (Å²) in [6.45, 7) is -0.613. The van der Waals surface area contributed by atoms with Crippen molar-refractivity contribution in [3.8, 4) is 11.5 Å². The molecule has 0 amide bonds. The first-order chi connectivity index (χ1) is 9.63. The number of alkyl halides is 1. The third-order valence-corrected chi connectivity index (χ3v) is 3.16. The minimum atomic E-state index is -0.726. The smallest absolute Gasteiger partial charge is 0.181 e. The molecule has 0 aliphatic carbocycles. The van der Waals surface area contributed by atoms with Gasteiger partial charge in [-0.3, -0.25) is 4.39 Å². The van der Waals surface area contributed by atoms with Crippen LogP contribution >= 0.6 is 11.6 Å². The van der Waals surface area contributed by atoms with E-state index in [1.807, 2.05) is 6.07 Å². The Morgan fingerprint density at radius 2 is 1.85 bits per heavy atom. The second kappa shape index (κ2) is 6.68. The summed E-state index contributed by atoms with van der Waals surface area (Å²) in [5.74, 6) is -0.281. The van der Waals surface area contributed by atoms with E-state index in [1.54, 1.807) is 24.3 Å². The van der Waals surface area contributed by atoms with Gasteiger partial charge in [0.05, 0.1) is 11.7 Å². The first kappa shape index (κ1) is 14.8. The van der Waals surface area contributed by atoms with Crippen molar-refractivity contribution < 1.29 is 13.5 Å². The first-order valence-electron chi connectivity index (χ1n) is 6.16. The van der Waals surface area contributed by atoms with Gasteiger partial charge in [0.2, 0.25) is 0 Å². The van der Waals surface area contributed by atoms with Crippen molar-refractivity contribution in [2.45, 2.75) is 12.5 Å². The minimum Gasteiger partial charge on any atom is -0.453 e. The average Bonchev–Trinajstić information content (AvgIpc) is 2.45. The average molecular weight is 298 g/mol. The highest BCUT2D eigenvalue weighted by Gasteiger charge is 2.19. The minimum absolute atomic E-state index is 0.0450. The van der Waals surface area contributed by atoms with Crippen LogP contribution in [-0.2, 0) is 0 Å². The third kappa shape index (κ3) is 3.26. The van der Waals surface area contributed by atoms with Crippen LogP contribution in [0.1, 0.15) is 18.0 Å². The van der Waals surface area contributed by atoms with Crippen molar-refractivity contribution in [3.63, 3.8) is 0 Å². The van der Waals surface area contributed by atoms with Crippen molar-refractivity contribution in [2.24, 2.45) is 5.73 Å². The number of rotatable bonds is 5. The quantitative estimate of drug-likeness (QED) is 0.873. The van der Waals surface area contributed by atoms with Gasteiger partial charge in [-0.25, -0.2) is 4.39 Å². The van der Waals surface area contributed by atoms with E-state index in [4.69, 9.17) is 22.1 Å². The monoisotopic (exact) mass is 297 g/mol. The van der Waals surface area contributed by atoms with E-state index in [2.05, 4.69) is 0 Å². The van der Waals surface area contributed by atoms with Gasteiger partial charge in [-0.05, 0) is 24.6 Å². The van der Waals surface area contributed by atoms with Crippen LogP contribution in [0.15, 0.2) is 42.5 Å². The number of hydrogen-bond acceptors (Lipinski definition) is 2. The molecule has 0 bridgehead atoms. The molecule has 0 fully saturated rings. The summed E-state index contributed by atoms with van der Waals surface area (Å²) < 4.78 is 32.2. The van der Waals surface area contributed by atoms with Crippen molar-refractivity contribution in [3.05, 3.63) is 58.9 Å². The maximum Gasteiger partial charge on any atom is 0.181 e. The molecular weight excluding hydrogens is 284 g/mol. The Morgan fingerprint density at radius 1 is 1.15 bits per heavy atom. The predicted molar refractivity (Wildman–Crippen MR) is 75.4 cm³/mol. The Hall–Kier alpha value is -1.65. The van der Waals surface area contributed by atoms with Gasteiger partial charge in [0.15, 0.2) is 11.6 Å². The highest BCUT2D eigenvalue weighted by molar-refractivity contribution is 6.32. The fraction of sp³-hybridized carbons (Fsp3) is 0.200. The zero-order valence-electron chi connectivity index (χ0n) is 10.7. The van der Waals surface area contributed by atoms with Gasteiger partial charge >= 0.3 is 0 Å². The summed E-state index contributed by atoms with van der Waals surface area (Å²) in [7, 11) is 0. The zero-order valence-corrected chi connectivity index (χ0v) is 11.4. The van der Waals surface area contributed by atoms with Crippen LogP contribution in [0, 0.1) is 5.82 Å². The van der Waals surface area contributed by atoms with Gasteiger partial charge < -0.3 is 10.5 Å². The SMILES string of the molecule is N[C@H](CCF)c1ccc(Cl)c(Oc2ccccc2)c1F. The first-order valence-corrected chi connectivity index (χ1v) is 6.53. The van der Waals surface area contributed by atoms with Crippen molar-refractivity contribution >= 4 is 11.6 Å². The molecule has 0 aliphatic rings. The second-order valence-corrected chi connectivity index (χ2v) is 4.69. The van der Waals surface area contributed by atoms with E-state index < -0.39 is 18.5 Å². The highest BCUT2D eigenvalue weighted by Crippen LogP contribution is 2.35. The van der Waals surface area contributed by atoms with Gasteiger partial charge in [-0.15, -0.1) is 0 Å². The molecule has 2 aromatic rings. The van der Waals surface area contributed by atoms with E-state index in [9.17, 15) is 8.78 Å². The Balaban J connectivity index is 2.35. The molecule has 0 radical (unpaired) electrons. The van der Waals surface area contributed by atoms with Gasteiger partial charge in [-0.2, -0.15) is 0 Å². The molecule has 0 saturated carbocycles. The summed E-state index contributed by atoms with van der Waals surface area (Å²) in [6.07, 6.45) is 0.0450. The molecule has 106 valence electrons. The molecule has 0 spiro atoms. The summed E-state index contributed by atoms with van der Waals surface area (Å²) in [4.78, 5) is 0. The van der Waals surface area contributed by atoms with Crippen LogP contribution in [-0.4, -0.2) is 6.67 Å². The fourth-order valence-electron chi connectivity index (χ4n) is 1.81. The van der Waals surface area contributed by atoms with Crippen LogP contribution in [0.3, 0.4) is 0 Å². The molecule has 2 aromatic carbocycles. The van der Waals surface area contributed by atoms with Crippen LogP contribution in [0.25, 0.3) is 0 Å². The molecule has 0 aliphatic heterocycles. The number of benzene rings is 2. The van der Waals surface area contributed by atoms with Crippen LogP contribution in [0.4, 0.5) is 8.78 Å². The highest BCUT2D eigenvalue weighted by atomic mass is 35.5. The Bertz CT molecular complexity index is 578. The molecular formula is C15H14ClF2NO. The second-order valence-electron chi connectivity index (χ2n) is 4.28. The lowest BCUT2D eigenvalue weighted by Crippen LogP contribution is -2.13. The Labute approximate surface area is 121 Å². The lowest BCUT2D eigenvalue weighted by atomic mass is 10.0. The predicted octanol–water partition coefficient (Wildman–Crippen LogP) is 4.63. The van der Waals surface area contributed by atoms with Gasteiger partial charge in [0.1, 0.15) is 5.75 Å². The molecule has 5 heteroatoms. The molecule has 0 saturated heterocycles. The Kier molecular flexibility index (Phi) is 4.93. The maximum absolute atomic E-state index is 14.4. The molecule has 1 atom stereocenters. The van der Waals surface area contributed by atoms with E-state index in [0.29, 0.717) is 5.75 Å². The number of halogens is 3. The van der Waals surface area contributed by atoms with E-state index in [0.717, 1.165) is 0 Å². The number of hydrogen-bond donors (Lipinski definition) is 1. The molecule has 2 rings (SSSR count). The maximum atomic E-state index is 14.4. The number of ether oxygens (including phenoxy) is 1. The summed E-state index contributed by atoms with van der Waals surface area (Å²) in [5.41, 5.74) is 5.93. The summed E-state index contributed by atoms with van der Waals surface area (Å²) >= 11 is 5.95. The lowest BCUT2D eigenvalue weighted by molar-refractivity contribution is 0.416. The third-order valence-electron chi connectivity index (χ3n) is 2.86. The van der Waals surface area contributed by atoms with Crippen LogP contribution < -0.4 is 10.5 Å². The molecule has 0 aromatic heterocycles. The van der Waals surface area contributed by atoms with Crippen molar-refractivity contribution in [2.75, 3.05) is 6.67 Å². The fourth-order valence-corrected chi connectivity index (χ4v) is 1.99. The van der Waals surface area contributed by atoms with Gasteiger partial charge in [0, 0.05) is 11.6 Å². The molecule has 2 N–H and O–H groups in total. The van der Waals surface area contributed by atoms with Crippen molar-refractivity contribution in [1.82, 2.24) is 0 Å². The van der Waals surface area contributed by atoms with E-state index in [1.165, 1.54) is 12.1 Å². The molecule has 2 nitrogen and oxygen atoms in total. The molecule has 0 unspecified atom stereocenters. The molecule has 0 heterocycles. The van der Waals surface area contributed by atoms with Gasteiger partial charge in [-0.1, -0.05) is 35.9 Å². The topological polar surface area (TPSA) is 35.2 Å². The van der Waals surface area contributed by atoms with E-state index in [-0.39, 0.29) is 22.8 Å².